The third-order valence-electron chi connectivity index (χ3n) is 4.45. The minimum absolute atomic E-state index is 0.128. The van der Waals surface area contributed by atoms with E-state index in [1.54, 1.807) is 6.92 Å². The molecule has 3 rings (SSSR count). The van der Waals surface area contributed by atoms with E-state index in [0.29, 0.717) is 6.42 Å². The molecule has 5 heteroatoms. The molecule has 0 saturated carbocycles. The maximum absolute atomic E-state index is 12.2. The molecular weight excluding hydrogens is 254 g/mol. The molecule has 0 bridgehead atoms. The summed E-state index contributed by atoms with van der Waals surface area (Å²) in [6.45, 7) is 4.64. The fourth-order valence-corrected chi connectivity index (χ4v) is 3.22. The van der Waals surface area contributed by atoms with Crippen LogP contribution in [0.5, 0.6) is 0 Å². The third kappa shape index (κ3) is 2.49. The Morgan fingerprint density at radius 2 is 1.80 bits per heavy atom. The standard InChI is InChI=1S/C15H21N3O2/c1-11(19)17-6-8-18(9-7-17)15-10-14(20)12-4-2-3-5-13(12)16-15/h2-10H2,1H3. The summed E-state index contributed by atoms with van der Waals surface area (Å²) in [6, 6.07) is 0. The van der Waals surface area contributed by atoms with E-state index in [-0.39, 0.29) is 11.7 Å². The zero-order valence-electron chi connectivity index (χ0n) is 12.0. The molecule has 2 heterocycles. The van der Waals surface area contributed by atoms with Crippen LogP contribution in [-0.4, -0.2) is 53.5 Å². The van der Waals surface area contributed by atoms with Crippen LogP contribution in [0.25, 0.3) is 0 Å². The molecule has 0 unspecified atom stereocenters. The largest absolute Gasteiger partial charge is 0.356 e. The molecule has 1 aliphatic carbocycles. The number of nitrogens with zero attached hydrogens (tertiary/aromatic N) is 3. The second-order valence-electron chi connectivity index (χ2n) is 5.75. The number of amides is 1. The van der Waals surface area contributed by atoms with Gasteiger partial charge < -0.3 is 9.80 Å². The second-order valence-corrected chi connectivity index (χ2v) is 5.75. The van der Waals surface area contributed by atoms with Crippen molar-refractivity contribution in [2.75, 3.05) is 26.2 Å². The molecule has 0 aromatic heterocycles. The SMILES string of the molecule is CC(=O)N1CCN(C2=NC3=C(CCCC3)C(=O)C2)CC1. The summed E-state index contributed by atoms with van der Waals surface area (Å²) in [4.78, 5) is 32.3. The van der Waals surface area contributed by atoms with Gasteiger partial charge in [-0.3, -0.25) is 9.59 Å². The van der Waals surface area contributed by atoms with E-state index in [9.17, 15) is 9.59 Å². The normalized spacial score (nSPS) is 23.6. The summed E-state index contributed by atoms with van der Waals surface area (Å²) in [7, 11) is 0. The predicted octanol–water partition coefficient (Wildman–Crippen LogP) is 1.35. The first-order valence-corrected chi connectivity index (χ1v) is 7.48. The molecule has 2 aliphatic heterocycles. The molecule has 0 atom stereocenters. The van der Waals surface area contributed by atoms with Gasteiger partial charge in [0.2, 0.25) is 5.91 Å². The van der Waals surface area contributed by atoms with Crippen LogP contribution in [0.1, 0.15) is 39.0 Å². The molecule has 0 radical (unpaired) electrons. The Hall–Kier alpha value is -1.65. The van der Waals surface area contributed by atoms with Crippen molar-refractivity contribution in [2.45, 2.75) is 39.0 Å². The molecule has 108 valence electrons. The summed E-state index contributed by atoms with van der Waals surface area (Å²) in [5, 5.41) is 0. The van der Waals surface area contributed by atoms with E-state index < -0.39 is 0 Å². The average Bonchev–Trinajstić information content (AvgIpc) is 2.47. The van der Waals surface area contributed by atoms with Gasteiger partial charge in [0.15, 0.2) is 5.78 Å². The number of ketones is 1. The lowest BCUT2D eigenvalue weighted by molar-refractivity contribution is -0.130. The van der Waals surface area contributed by atoms with E-state index in [1.165, 1.54) is 0 Å². The van der Waals surface area contributed by atoms with Crippen LogP contribution >= 0.6 is 0 Å². The minimum atomic E-state index is 0.128. The monoisotopic (exact) mass is 275 g/mol. The lowest BCUT2D eigenvalue weighted by atomic mass is 9.90. The average molecular weight is 275 g/mol. The van der Waals surface area contributed by atoms with Crippen LogP contribution in [0.2, 0.25) is 0 Å². The Bertz CT molecular complexity index is 499. The van der Waals surface area contributed by atoms with Gasteiger partial charge in [-0.05, 0) is 25.7 Å². The number of aliphatic imine (C=N–C) groups is 1. The van der Waals surface area contributed by atoms with Crippen molar-refractivity contribution in [3.63, 3.8) is 0 Å². The molecular formula is C15H21N3O2. The number of carbonyl (C=O) groups is 2. The summed E-state index contributed by atoms with van der Waals surface area (Å²) < 4.78 is 0. The number of hydrogen-bond donors (Lipinski definition) is 0. The smallest absolute Gasteiger partial charge is 0.219 e. The fourth-order valence-electron chi connectivity index (χ4n) is 3.22. The van der Waals surface area contributed by atoms with Crippen LogP contribution in [-0.2, 0) is 9.59 Å². The van der Waals surface area contributed by atoms with Gasteiger partial charge in [-0.25, -0.2) is 4.99 Å². The fraction of sp³-hybridized carbons (Fsp3) is 0.667. The van der Waals surface area contributed by atoms with Crippen molar-refractivity contribution in [3.8, 4) is 0 Å². The molecule has 1 saturated heterocycles. The van der Waals surface area contributed by atoms with Crippen LogP contribution < -0.4 is 0 Å². The lowest BCUT2D eigenvalue weighted by Gasteiger charge is -2.37. The molecule has 1 fully saturated rings. The second kappa shape index (κ2) is 5.38. The summed E-state index contributed by atoms with van der Waals surface area (Å²) in [5.74, 6) is 1.31. The molecule has 0 N–H and O–H groups in total. The minimum Gasteiger partial charge on any atom is -0.356 e. The van der Waals surface area contributed by atoms with Gasteiger partial charge in [0.05, 0.1) is 6.42 Å². The number of allylic oxidation sites excluding steroid dienone is 2. The molecule has 0 spiro atoms. The molecule has 1 amide bonds. The Kier molecular flexibility index (Phi) is 3.59. The van der Waals surface area contributed by atoms with Crippen molar-refractivity contribution < 1.29 is 9.59 Å². The Morgan fingerprint density at radius 1 is 1.10 bits per heavy atom. The highest BCUT2D eigenvalue weighted by Gasteiger charge is 2.29. The lowest BCUT2D eigenvalue weighted by Crippen LogP contribution is -2.50. The molecule has 0 aromatic rings. The molecule has 5 nitrogen and oxygen atoms in total. The van der Waals surface area contributed by atoms with Gasteiger partial charge >= 0.3 is 0 Å². The Morgan fingerprint density at radius 3 is 2.50 bits per heavy atom. The predicted molar refractivity (Wildman–Crippen MR) is 76.4 cm³/mol. The van der Waals surface area contributed by atoms with Crippen LogP contribution in [0, 0.1) is 0 Å². The molecule has 20 heavy (non-hydrogen) atoms. The van der Waals surface area contributed by atoms with Gasteiger partial charge in [-0.15, -0.1) is 0 Å². The van der Waals surface area contributed by atoms with Gasteiger partial charge in [-0.2, -0.15) is 0 Å². The number of Topliss-reactive ketones (excluding diaryl/α,β-unsaturated/α-hetero) is 1. The van der Waals surface area contributed by atoms with E-state index >= 15 is 0 Å². The van der Waals surface area contributed by atoms with Crippen molar-refractivity contribution in [3.05, 3.63) is 11.3 Å². The number of rotatable bonds is 0. The van der Waals surface area contributed by atoms with E-state index in [4.69, 9.17) is 4.99 Å². The maximum atomic E-state index is 12.2. The first-order chi connectivity index (χ1) is 9.65. The van der Waals surface area contributed by atoms with Gasteiger partial charge in [0.1, 0.15) is 5.84 Å². The van der Waals surface area contributed by atoms with E-state index in [0.717, 1.165) is 69.0 Å². The first kappa shape index (κ1) is 13.3. The number of hydrogen-bond acceptors (Lipinski definition) is 4. The molecule has 0 aromatic carbocycles. The molecule has 3 aliphatic rings. The summed E-state index contributed by atoms with van der Waals surface area (Å²) in [5.41, 5.74) is 2.00. The highest BCUT2D eigenvalue weighted by Crippen LogP contribution is 2.30. The Labute approximate surface area is 119 Å². The highest BCUT2D eigenvalue weighted by molar-refractivity contribution is 6.11. The number of carbonyl (C=O) groups excluding carboxylic acids is 2. The van der Waals surface area contributed by atoms with E-state index in [2.05, 4.69) is 4.90 Å². The summed E-state index contributed by atoms with van der Waals surface area (Å²) in [6.07, 6.45) is 4.55. The van der Waals surface area contributed by atoms with Crippen LogP contribution in [0.4, 0.5) is 0 Å². The van der Waals surface area contributed by atoms with Gasteiger partial charge in [0.25, 0.3) is 0 Å². The van der Waals surface area contributed by atoms with E-state index in [1.807, 2.05) is 4.90 Å². The Balaban J connectivity index is 1.72. The van der Waals surface area contributed by atoms with Crippen molar-refractivity contribution >= 4 is 17.5 Å². The zero-order valence-corrected chi connectivity index (χ0v) is 12.0. The van der Waals surface area contributed by atoms with Crippen molar-refractivity contribution in [2.24, 2.45) is 4.99 Å². The maximum Gasteiger partial charge on any atom is 0.219 e. The van der Waals surface area contributed by atoms with Gasteiger partial charge in [-0.1, -0.05) is 0 Å². The summed E-state index contributed by atoms with van der Waals surface area (Å²) >= 11 is 0. The highest BCUT2D eigenvalue weighted by atomic mass is 16.2. The topological polar surface area (TPSA) is 53.0 Å². The zero-order chi connectivity index (χ0) is 14.1. The van der Waals surface area contributed by atoms with Crippen molar-refractivity contribution in [1.82, 2.24) is 9.80 Å². The quantitative estimate of drug-likeness (QED) is 0.670. The van der Waals surface area contributed by atoms with Crippen molar-refractivity contribution in [1.29, 1.82) is 0 Å². The number of amidine groups is 1. The number of piperazine rings is 1. The van der Waals surface area contributed by atoms with Crippen LogP contribution in [0.15, 0.2) is 16.3 Å². The third-order valence-corrected chi connectivity index (χ3v) is 4.45. The first-order valence-electron chi connectivity index (χ1n) is 7.48. The van der Waals surface area contributed by atoms with Crippen LogP contribution in [0.3, 0.4) is 0 Å². The van der Waals surface area contributed by atoms with Gasteiger partial charge in [0, 0.05) is 44.4 Å².